The lowest BCUT2D eigenvalue weighted by Crippen LogP contribution is -2.09. The Hall–Kier alpha value is -3.53. The topological polar surface area (TPSA) is 97.8 Å². The summed E-state index contributed by atoms with van der Waals surface area (Å²) in [6.45, 7) is 1.61. The van der Waals surface area contributed by atoms with E-state index in [0.29, 0.717) is 39.7 Å². The number of hydrogen-bond donors (Lipinski definition) is 1. The van der Waals surface area contributed by atoms with Gasteiger partial charge in [-0.25, -0.2) is 8.78 Å². The van der Waals surface area contributed by atoms with Crippen LogP contribution in [-0.2, 0) is 11.3 Å². The van der Waals surface area contributed by atoms with Crippen molar-refractivity contribution in [2.45, 2.75) is 51.4 Å². The lowest BCUT2D eigenvalue weighted by atomic mass is 9.84. The average Bonchev–Trinajstić information content (AvgIpc) is 3.29. The number of aliphatic hydroxyl groups excluding tert-OH is 1. The van der Waals surface area contributed by atoms with E-state index in [1.165, 1.54) is 17.0 Å². The molecule has 0 unspecified atom stereocenters. The van der Waals surface area contributed by atoms with Crippen molar-refractivity contribution in [1.29, 1.82) is 0 Å². The molecule has 0 spiro atoms. The number of aliphatic hydroxyl groups is 1. The lowest BCUT2D eigenvalue weighted by Gasteiger charge is -2.22. The van der Waals surface area contributed by atoms with Gasteiger partial charge in [-0.1, -0.05) is 24.4 Å². The molecular weight excluding hydrogens is 454 g/mol. The molecule has 1 fully saturated rings. The summed E-state index contributed by atoms with van der Waals surface area (Å²) < 4.78 is 32.1. The minimum Gasteiger partial charge on any atom is -0.393 e. The van der Waals surface area contributed by atoms with Gasteiger partial charge in [0.25, 0.3) is 0 Å². The fourth-order valence-corrected chi connectivity index (χ4v) is 4.60. The third kappa shape index (κ3) is 4.70. The molecule has 0 atom stereocenters. The van der Waals surface area contributed by atoms with Crippen molar-refractivity contribution in [3.63, 3.8) is 0 Å². The van der Waals surface area contributed by atoms with Crippen LogP contribution >= 0.6 is 0 Å². The van der Waals surface area contributed by atoms with Crippen molar-refractivity contribution in [1.82, 2.24) is 24.8 Å². The van der Waals surface area contributed by atoms with Crippen molar-refractivity contribution < 1.29 is 18.7 Å². The first-order valence-corrected chi connectivity index (χ1v) is 11.8. The molecule has 35 heavy (non-hydrogen) atoms. The van der Waals surface area contributed by atoms with E-state index in [-0.39, 0.29) is 25.2 Å². The van der Waals surface area contributed by atoms with Crippen LogP contribution in [0.5, 0.6) is 0 Å². The standard InChI is InChI=1S/C25H26F2N6O2/c1-15(32-35-10-9-34)21-7-8-23-29-30-24(33(23)31-21)12-18-20(26)13-22-19(25(18)27)11-17(14-28-22)16-5-3-2-4-6-16/h7-8,11,13-14,16,34H,2-6,9-10,12H2,1H3. The summed E-state index contributed by atoms with van der Waals surface area (Å²) in [6, 6.07) is 6.48. The molecule has 8 nitrogen and oxygen atoms in total. The van der Waals surface area contributed by atoms with Gasteiger partial charge < -0.3 is 9.94 Å². The number of halogens is 2. The van der Waals surface area contributed by atoms with Gasteiger partial charge in [-0.15, -0.1) is 10.2 Å². The van der Waals surface area contributed by atoms with Gasteiger partial charge >= 0.3 is 0 Å². The largest absolute Gasteiger partial charge is 0.393 e. The van der Waals surface area contributed by atoms with Crippen LogP contribution in [0, 0.1) is 11.6 Å². The molecule has 182 valence electrons. The van der Waals surface area contributed by atoms with Gasteiger partial charge in [0, 0.05) is 29.6 Å². The maximum Gasteiger partial charge on any atom is 0.177 e. The highest BCUT2D eigenvalue weighted by Gasteiger charge is 2.21. The molecule has 1 saturated carbocycles. The summed E-state index contributed by atoms with van der Waals surface area (Å²) in [4.78, 5) is 9.36. The second kappa shape index (κ2) is 9.99. The number of nitrogens with zero attached hydrogens (tertiary/aromatic N) is 6. The van der Waals surface area contributed by atoms with E-state index in [4.69, 9.17) is 9.94 Å². The van der Waals surface area contributed by atoms with E-state index in [0.717, 1.165) is 31.2 Å². The molecule has 10 heteroatoms. The summed E-state index contributed by atoms with van der Waals surface area (Å²) >= 11 is 0. The van der Waals surface area contributed by atoms with E-state index < -0.39 is 11.6 Å². The number of rotatable bonds is 7. The smallest absolute Gasteiger partial charge is 0.177 e. The van der Waals surface area contributed by atoms with Crippen molar-refractivity contribution >= 4 is 22.3 Å². The molecule has 0 radical (unpaired) electrons. The van der Waals surface area contributed by atoms with Crippen LogP contribution in [0.1, 0.15) is 67.6 Å². The first-order chi connectivity index (χ1) is 17.0. The Morgan fingerprint density at radius 1 is 1.17 bits per heavy atom. The van der Waals surface area contributed by atoms with E-state index in [9.17, 15) is 4.39 Å². The molecule has 0 amide bonds. The molecule has 3 aromatic heterocycles. The number of pyridine rings is 1. The zero-order chi connectivity index (χ0) is 24.4. The van der Waals surface area contributed by atoms with Gasteiger partial charge in [0.05, 0.1) is 12.1 Å². The number of hydrogen-bond acceptors (Lipinski definition) is 7. The van der Waals surface area contributed by atoms with E-state index in [2.05, 4.69) is 25.4 Å². The van der Waals surface area contributed by atoms with Gasteiger partial charge in [0.1, 0.15) is 29.6 Å². The first kappa shape index (κ1) is 23.2. The van der Waals surface area contributed by atoms with Crippen LogP contribution in [0.15, 0.2) is 35.6 Å². The Balaban J connectivity index is 1.50. The fraction of sp³-hybridized carbons (Fsp3) is 0.400. The molecule has 1 aliphatic rings. The zero-order valence-electron chi connectivity index (χ0n) is 19.4. The monoisotopic (exact) mass is 480 g/mol. The van der Waals surface area contributed by atoms with Gasteiger partial charge in [0.2, 0.25) is 0 Å². The van der Waals surface area contributed by atoms with Crippen molar-refractivity contribution in [3.8, 4) is 0 Å². The summed E-state index contributed by atoms with van der Waals surface area (Å²) in [6.07, 6.45) is 7.30. The predicted molar refractivity (Wildman–Crippen MR) is 126 cm³/mol. The quantitative estimate of drug-likeness (QED) is 0.240. The Kier molecular flexibility index (Phi) is 6.63. The Morgan fingerprint density at radius 3 is 2.80 bits per heavy atom. The molecule has 1 aliphatic carbocycles. The average molecular weight is 481 g/mol. The fourth-order valence-electron chi connectivity index (χ4n) is 4.60. The normalized spacial score (nSPS) is 15.3. The lowest BCUT2D eigenvalue weighted by molar-refractivity contribution is 0.0986. The SMILES string of the molecule is CC(=NOCCO)c1ccc2nnc(Cc3c(F)cc4ncc(C5CCCCC5)cc4c3F)n2n1. The maximum atomic E-state index is 15.6. The molecule has 3 heterocycles. The summed E-state index contributed by atoms with van der Waals surface area (Å²) in [5.41, 5.74) is 2.60. The van der Waals surface area contributed by atoms with Gasteiger partial charge in [-0.05, 0) is 49.4 Å². The third-order valence-corrected chi connectivity index (χ3v) is 6.49. The van der Waals surface area contributed by atoms with Crippen LogP contribution in [0.4, 0.5) is 8.78 Å². The van der Waals surface area contributed by atoms with Crippen LogP contribution in [-0.4, -0.2) is 48.8 Å². The van der Waals surface area contributed by atoms with Crippen LogP contribution < -0.4 is 0 Å². The molecule has 4 aromatic rings. The molecule has 0 saturated heterocycles. The predicted octanol–water partition coefficient (Wildman–Crippen LogP) is 4.32. The van der Waals surface area contributed by atoms with Crippen molar-refractivity contribution in [2.75, 3.05) is 13.2 Å². The number of fused-ring (bicyclic) bond motifs is 2. The zero-order valence-corrected chi connectivity index (χ0v) is 19.4. The number of benzene rings is 1. The number of aromatic nitrogens is 5. The second-order valence-corrected chi connectivity index (χ2v) is 8.84. The first-order valence-electron chi connectivity index (χ1n) is 11.8. The third-order valence-electron chi connectivity index (χ3n) is 6.49. The highest BCUT2D eigenvalue weighted by Crippen LogP contribution is 2.34. The minimum absolute atomic E-state index is 0.0648. The van der Waals surface area contributed by atoms with Crippen molar-refractivity contribution in [2.24, 2.45) is 5.16 Å². The Labute approximate surface area is 200 Å². The van der Waals surface area contributed by atoms with Crippen molar-refractivity contribution in [3.05, 3.63) is 64.7 Å². The molecule has 1 N–H and O–H groups in total. The van der Waals surface area contributed by atoms with Crippen LogP contribution in [0.25, 0.3) is 16.6 Å². The highest BCUT2D eigenvalue weighted by atomic mass is 19.1. The maximum absolute atomic E-state index is 15.6. The summed E-state index contributed by atoms with van der Waals surface area (Å²) in [7, 11) is 0. The minimum atomic E-state index is -0.684. The molecule has 1 aromatic carbocycles. The summed E-state index contributed by atoms with van der Waals surface area (Å²) in [5, 5.41) is 25.7. The summed E-state index contributed by atoms with van der Waals surface area (Å²) in [5.74, 6) is -0.661. The van der Waals surface area contributed by atoms with Gasteiger partial charge in [0.15, 0.2) is 11.5 Å². The van der Waals surface area contributed by atoms with Crippen LogP contribution in [0.2, 0.25) is 0 Å². The van der Waals surface area contributed by atoms with Gasteiger partial charge in [-0.2, -0.15) is 9.61 Å². The number of oxime groups is 1. The highest BCUT2D eigenvalue weighted by molar-refractivity contribution is 5.96. The van der Waals surface area contributed by atoms with E-state index >= 15 is 4.39 Å². The molecule has 0 bridgehead atoms. The van der Waals surface area contributed by atoms with Crippen LogP contribution in [0.3, 0.4) is 0 Å². The molecule has 5 rings (SSSR count). The van der Waals surface area contributed by atoms with E-state index in [1.807, 2.05) is 6.07 Å². The molecule has 0 aliphatic heterocycles. The Bertz CT molecular complexity index is 1400. The molecular formula is C25H26F2N6O2. The van der Waals surface area contributed by atoms with Gasteiger partial charge in [-0.3, -0.25) is 4.98 Å². The van der Waals surface area contributed by atoms with E-state index in [1.54, 1.807) is 25.3 Å². The Morgan fingerprint density at radius 2 is 2.00 bits per heavy atom. The second-order valence-electron chi connectivity index (χ2n) is 8.84.